The summed E-state index contributed by atoms with van der Waals surface area (Å²) in [7, 11) is 1.63. The molecule has 2 aromatic heterocycles. The summed E-state index contributed by atoms with van der Waals surface area (Å²) in [6, 6.07) is 11.7. The van der Waals surface area contributed by atoms with Gasteiger partial charge >= 0.3 is 5.97 Å². The molecule has 3 aromatic rings. The number of ether oxygens (including phenoxy) is 1. The quantitative estimate of drug-likeness (QED) is 0.384. The molecule has 1 aliphatic heterocycles. The van der Waals surface area contributed by atoms with E-state index in [1.54, 1.807) is 24.6 Å². The van der Waals surface area contributed by atoms with Crippen molar-refractivity contribution in [1.29, 1.82) is 0 Å². The Labute approximate surface area is 216 Å². The number of aliphatic carboxylic acids is 1. The number of aromatic nitrogens is 1. The molecule has 2 N–H and O–H groups in total. The summed E-state index contributed by atoms with van der Waals surface area (Å²) < 4.78 is 5.37. The lowest BCUT2D eigenvalue weighted by atomic mass is 9.79. The first-order chi connectivity index (χ1) is 17.4. The molecule has 3 heterocycles. The van der Waals surface area contributed by atoms with Gasteiger partial charge in [-0.1, -0.05) is 11.8 Å². The van der Waals surface area contributed by atoms with Crippen LogP contribution in [0.25, 0.3) is 10.9 Å². The number of aryl methyl sites for hydroxylation is 1. The second-order valence-corrected chi connectivity index (χ2v) is 10.9. The fourth-order valence-electron chi connectivity index (χ4n) is 5.15. The second-order valence-electron chi connectivity index (χ2n) is 9.56. The number of rotatable bonds is 9. The number of hydrogen-bond donors (Lipinski definition) is 2. The molecule has 190 valence electrons. The molecule has 4 rings (SSSR count). The van der Waals surface area contributed by atoms with Gasteiger partial charge in [0, 0.05) is 29.4 Å². The van der Waals surface area contributed by atoms with Crippen molar-refractivity contribution in [2.24, 2.45) is 11.8 Å². The Morgan fingerprint density at radius 2 is 2.11 bits per heavy atom. The number of methoxy groups -OCH3 is 1. The predicted octanol–water partition coefficient (Wildman–Crippen LogP) is 5.28. The fraction of sp³-hybridized carbons (Fsp3) is 0.448. The number of carbonyl (C=O) groups is 1. The van der Waals surface area contributed by atoms with E-state index in [0.717, 1.165) is 53.0 Å². The first kappa shape index (κ1) is 26.2. The zero-order valence-corrected chi connectivity index (χ0v) is 21.8. The van der Waals surface area contributed by atoms with Crippen molar-refractivity contribution in [1.82, 2.24) is 9.88 Å². The van der Waals surface area contributed by atoms with Crippen LogP contribution in [0.4, 0.5) is 0 Å². The summed E-state index contributed by atoms with van der Waals surface area (Å²) in [5, 5.41) is 21.3. The molecule has 0 aliphatic carbocycles. The Balaban J connectivity index is 1.39. The number of benzene rings is 1. The molecule has 3 atom stereocenters. The molecule has 0 spiro atoms. The highest BCUT2D eigenvalue weighted by Crippen LogP contribution is 2.35. The highest BCUT2D eigenvalue weighted by molar-refractivity contribution is 7.12. The van der Waals surface area contributed by atoms with Gasteiger partial charge in [-0.15, -0.1) is 11.3 Å². The molecule has 0 amide bonds. The van der Waals surface area contributed by atoms with Crippen LogP contribution in [0.5, 0.6) is 5.75 Å². The van der Waals surface area contributed by atoms with Crippen LogP contribution in [-0.2, 0) is 4.79 Å². The maximum Gasteiger partial charge on any atom is 0.303 e. The van der Waals surface area contributed by atoms with Crippen molar-refractivity contribution in [3.8, 4) is 17.6 Å². The zero-order chi connectivity index (χ0) is 25.5. The van der Waals surface area contributed by atoms with Crippen LogP contribution in [0.3, 0.4) is 0 Å². The standard InChI is InChI=1S/C29H34N2O4S/c1-20-5-9-24(36-20)4-3-16-31-17-14-21(22(19-31)7-12-29(33)34)6-11-28(32)25-13-15-30-27-10-8-23(35-2)18-26(25)27/h5,8-10,13,15,18,21-22,28,32H,6-7,11-12,14,16-17,19H2,1-2H3,(H,33,34)/t21-,22+,28?/m1/s1. The second kappa shape index (κ2) is 12.4. The van der Waals surface area contributed by atoms with E-state index in [1.165, 1.54) is 4.88 Å². The number of nitrogens with zero attached hydrogens (tertiary/aromatic N) is 2. The Morgan fingerprint density at radius 1 is 1.25 bits per heavy atom. The largest absolute Gasteiger partial charge is 0.497 e. The normalized spacial score (nSPS) is 19.0. The Hall–Kier alpha value is -2.92. The third-order valence-electron chi connectivity index (χ3n) is 7.11. The van der Waals surface area contributed by atoms with Gasteiger partial charge in [0.1, 0.15) is 5.75 Å². The highest BCUT2D eigenvalue weighted by atomic mass is 32.1. The van der Waals surface area contributed by atoms with Crippen LogP contribution in [0.2, 0.25) is 0 Å². The number of likely N-dealkylation sites (tertiary alicyclic amines) is 1. The molecule has 36 heavy (non-hydrogen) atoms. The van der Waals surface area contributed by atoms with Crippen molar-refractivity contribution in [3.63, 3.8) is 0 Å². The van der Waals surface area contributed by atoms with Crippen LogP contribution in [-0.4, -0.2) is 52.8 Å². The van der Waals surface area contributed by atoms with E-state index >= 15 is 0 Å². The molecule has 1 fully saturated rings. The molecule has 1 unspecified atom stereocenters. The Morgan fingerprint density at radius 3 is 2.86 bits per heavy atom. The van der Waals surface area contributed by atoms with Gasteiger partial charge in [-0.05, 0) is 92.9 Å². The molecule has 1 aromatic carbocycles. The summed E-state index contributed by atoms with van der Waals surface area (Å²) in [6.45, 7) is 4.57. The van der Waals surface area contributed by atoms with E-state index in [1.807, 2.05) is 24.3 Å². The number of aliphatic hydroxyl groups excluding tert-OH is 1. The average Bonchev–Trinajstić information content (AvgIpc) is 3.30. The first-order valence-electron chi connectivity index (χ1n) is 12.5. The third kappa shape index (κ3) is 6.85. The minimum absolute atomic E-state index is 0.173. The summed E-state index contributed by atoms with van der Waals surface area (Å²) in [5.74, 6) is 7.20. The molecule has 0 saturated carbocycles. The summed E-state index contributed by atoms with van der Waals surface area (Å²) in [4.78, 5) is 20.4. The van der Waals surface area contributed by atoms with Crippen LogP contribution in [0.1, 0.15) is 53.5 Å². The molecular formula is C29H34N2O4S. The van der Waals surface area contributed by atoms with Gasteiger partial charge in [-0.25, -0.2) is 0 Å². The molecule has 0 bridgehead atoms. The van der Waals surface area contributed by atoms with E-state index < -0.39 is 12.1 Å². The number of thiophene rings is 1. The smallest absolute Gasteiger partial charge is 0.303 e. The number of fused-ring (bicyclic) bond motifs is 1. The topological polar surface area (TPSA) is 82.9 Å². The Kier molecular flexibility index (Phi) is 8.98. The SMILES string of the molecule is COc1ccc2nccc(C(O)CC[C@@H]3CCN(CC#Cc4ccc(C)s4)C[C@@H]3CCC(=O)O)c2c1. The predicted molar refractivity (Wildman–Crippen MR) is 143 cm³/mol. The van der Waals surface area contributed by atoms with Gasteiger partial charge in [0.2, 0.25) is 0 Å². The van der Waals surface area contributed by atoms with Gasteiger partial charge in [-0.2, -0.15) is 0 Å². The van der Waals surface area contributed by atoms with E-state index in [2.05, 4.69) is 40.8 Å². The number of carboxylic acid groups (broad SMARTS) is 1. The van der Waals surface area contributed by atoms with Gasteiger partial charge in [0.05, 0.1) is 30.2 Å². The monoisotopic (exact) mass is 506 g/mol. The van der Waals surface area contributed by atoms with Gasteiger partial charge < -0.3 is 14.9 Å². The molecule has 7 heteroatoms. The summed E-state index contributed by atoms with van der Waals surface area (Å²) >= 11 is 1.70. The summed E-state index contributed by atoms with van der Waals surface area (Å²) in [5.41, 5.74) is 1.69. The first-order valence-corrected chi connectivity index (χ1v) is 13.3. The van der Waals surface area contributed by atoms with Gasteiger partial charge in [0.25, 0.3) is 0 Å². The molecule has 0 radical (unpaired) electrons. The van der Waals surface area contributed by atoms with Crippen LogP contribution >= 0.6 is 11.3 Å². The van der Waals surface area contributed by atoms with Crippen LogP contribution in [0, 0.1) is 30.6 Å². The van der Waals surface area contributed by atoms with Crippen LogP contribution < -0.4 is 4.74 Å². The average molecular weight is 507 g/mol. The lowest BCUT2D eigenvalue weighted by molar-refractivity contribution is -0.137. The molecule has 1 saturated heterocycles. The minimum atomic E-state index is -0.754. The molecular weight excluding hydrogens is 472 g/mol. The van der Waals surface area contributed by atoms with Crippen molar-refractivity contribution < 1.29 is 19.7 Å². The number of aliphatic hydroxyl groups is 1. The van der Waals surface area contributed by atoms with E-state index in [-0.39, 0.29) is 12.3 Å². The highest BCUT2D eigenvalue weighted by Gasteiger charge is 2.30. The van der Waals surface area contributed by atoms with E-state index in [4.69, 9.17) is 4.74 Å². The van der Waals surface area contributed by atoms with E-state index in [0.29, 0.717) is 25.3 Å². The third-order valence-corrected chi connectivity index (χ3v) is 8.03. The molecule has 6 nitrogen and oxygen atoms in total. The minimum Gasteiger partial charge on any atom is -0.497 e. The van der Waals surface area contributed by atoms with Crippen molar-refractivity contribution >= 4 is 28.2 Å². The number of carboxylic acids is 1. The van der Waals surface area contributed by atoms with Crippen molar-refractivity contribution in [2.45, 2.75) is 45.1 Å². The fourth-order valence-corrected chi connectivity index (χ4v) is 5.89. The van der Waals surface area contributed by atoms with Gasteiger partial charge in [-0.3, -0.25) is 14.7 Å². The van der Waals surface area contributed by atoms with E-state index in [9.17, 15) is 15.0 Å². The summed E-state index contributed by atoms with van der Waals surface area (Å²) in [6.07, 6.45) is 4.42. The van der Waals surface area contributed by atoms with Crippen LogP contribution in [0.15, 0.2) is 42.6 Å². The Bertz CT molecular complexity index is 1240. The molecule has 1 aliphatic rings. The number of piperidine rings is 1. The lowest BCUT2D eigenvalue weighted by Crippen LogP contribution is -2.41. The van der Waals surface area contributed by atoms with Crippen molar-refractivity contribution in [3.05, 3.63) is 57.9 Å². The lowest BCUT2D eigenvalue weighted by Gasteiger charge is -2.38. The maximum absolute atomic E-state index is 11.3. The van der Waals surface area contributed by atoms with Crippen molar-refractivity contribution in [2.75, 3.05) is 26.7 Å². The van der Waals surface area contributed by atoms with Gasteiger partial charge in [0.15, 0.2) is 0 Å². The zero-order valence-electron chi connectivity index (χ0n) is 20.9. The maximum atomic E-state index is 11.3. The number of hydrogen-bond acceptors (Lipinski definition) is 6. The number of pyridine rings is 1.